The van der Waals surface area contributed by atoms with Gasteiger partial charge in [-0.2, -0.15) is 0 Å². The number of carbonyl (C=O) groups is 3. The quantitative estimate of drug-likeness (QED) is 0.717. The Morgan fingerprint density at radius 1 is 1.20 bits per heavy atom. The van der Waals surface area contributed by atoms with E-state index >= 15 is 0 Å². The minimum Gasteiger partial charge on any atom is -0.478 e. The van der Waals surface area contributed by atoms with Crippen molar-refractivity contribution in [2.75, 3.05) is 5.32 Å². The molecule has 8 nitrogen and oxygen atoms in total. The molecule has 1 aromatic heterocycles. The van der Waals surface area contributed by atoms with Gasteiger partial charge in [0.15, 0.2) is 0 Å². The number of aliphatic carboxylic acids is 1. The van der Waals surface area contributed by atoms with E-state index < -0.39 is 17.9 Å². The van der Waals surface area contributed by atoms with Gasteiger partial charge >= 0.3 is 12.0 Å². The van der Waals surface area contributed by atoms with Gasteiger partial charge in [0.2, 0.25) is 5.13 Å². The molecule has 0 radical (unpaired) electrons. The lowest BCUT2D eigenvalue weighted by Crippen LogP contribution is -2.35. The van der Waals surface area contributed by atoms with E-state index in [0.29, 0.717) is 6.42 Å². The van der Waals surface area contributed by atoms with E-state index in [2.05, 4.69) is 15.5 Å². The third-order valence-corrected chi connectivity index (χ3v) is 3.42. The molecular formula is C11H14N4O4S. The summed E-state index contributed by atoms with van der Waals surface area (Å²) in [6.45, 7) is 4.51. The van der Waals surface area contributed by atoms with Crippen LogP contribution in [0.3, 0.4) is 0 Å². The molecule has 0 spiro atoms. The molecule has 1 rings (SSSR count). The first-order chi connectivity index (χ1) is 9.35. The van der Waals surface area contributed by atoms with Gasteiger partial charge in [-0.25, -0.2) is 9.59 Å². The van der Waals surface area contributed by atoms with Crippen molar-refractivity contribution in [2.24, 2.45) is 0 Å². The third-order valence-electron chi connectivity index (χ3n) is 2.44. The molecule has 0 aromatic carbocycles. The second kappa shape index (κ2) is 6.75. The molecule has 9 heteroatoms. The monoisotopic (exact) mass is 298 g/mol. The van der Waals surface area contributed by atoms with Crippen molar-refractivity contribution in [3.63, 3.8) is 0 Å². The van der Waals surface area contributed by atoms with E-state index in [-0.39, 0.29) is 16.3 Å². The lowest BCUT2D eigenvalue weighted by molar-refractivity contribution is -0.133. The molecule has 1 aromatic rings. The summed E-state index contributed by atoms with van der Waals surface area (Å²) < 4.78 is 0. The highest BCUT2D eigenvalue weighted by Crippen LogP contribution is 2.15. The summed E-state index contributed by atoms with van der Waals surface area (Å²) >= 11 is 1.20. The Morgan fingerprint density at radius 3 is 2.35 bits per heavy atom. The highest BCUT2D eigenvalue weighted by Gasteiger charge is 2.16. The summed E-state index contributed by atoms with van der Waals surface area (Å²) in [4.78, 5) is 33.9. The number of hydrogen-bond donors (Lipinski definition) is 3. The number of imide groups is 1. The van der Waals surface area contributed by atoms with Crippen molar-refractivity contribution in [1.29, 1.82) is 0 Å². The number of anilines is 1. The Hall–Kier alpha value is -2.29. The minimum absolute atomic E-state index is 0.0424. The molecule has 3 N–H and O–H groups in total. The summed E-state index contributed by atoms with van der Waals surface area (Å²) in [6.07, 6.45) is 0.694. The van der Waals surface area contributed by atoms with Crippen LogP contribution in [-0.4, -0.2) is 33.2 Å². The van der Waals surface area contributed by atoms with Crippen LogP contribution in [0.5, 0.6) is 0 Å². The number of hydrogen-bond acceptors (Lipinski definition) is 6. The lowest BCUT2D eigenvalue weighted by atomic mass is 10.1. The number of urea groups is 1. The average Bonchev–Trinajstić information content (AvgIpc) is 2.84. The molecule has 0 atom stereocenters. The molecule has 0 unspecified atom stereocenters. The van der Waals surface area contributed by atoms with Crippen LogP contribution in [0.15, 0.2) is 11.1 Å². The Balaban J connectivity index is 2.65. The number of rotatable bonds is 4. The topological polar surface area (TPSA) is 121 Å². The Bertz CT molecular complexity index is 579. The summed E-state index contributed by atoms with van der Waals surface area (Å²) in [5.41, 5.74) is -0.168. The van der Waals surface area contributed by atoms with Crippen molar-refractivity contribution in [1.82, 2.24) is 15.5 Å². The molecule has 1 heterocycles. The predicted octanol–water partition coefficient (Wildman–Crippen LogP) is 1.17. The van der Waals surface area contributed by atoms with Crippen LogP contribution >= 0.6 is 11.3 Å². The summed E-state index contributed by atoms with van der Waals surface area (Å²) in [6, 6.07) is -0.786. The first-order valence-electron chi connectivity index (χ1n) is 5.70. The Kier molecular flexibility index (Phi) is 5.32. The molecule has 0 bridgehead atoms. The van der Waals surface area contributed by atoms with Gasteiger partial charge in [0, 0.05) is 11.1 Å². The Labute approximate surface area is 118 Å². The van der Waals surface area contributed by atoms with E-state index in [1.165, 1.54) is 25.2 Å². The standard InChI is InChI=1S/C11H14N4O4S/c1-4-7-14-15-11(20-7)13-10(19)12-8(16)5(2)6(3)9(17)18/h4H2,1-3H3,(H,17,18)(H2,12,13,15,16,19). The number of amides is 3. The maximum absolute atomic E-state index is 11.6. The van der Waals surface area contributed by atoms with E-state index in [0.717, 1.165) is 5.01 Å². The molecule has 0 saturated carbocycles. The van der Waals surface area contributed by atoms with E-state index in [4.69, 9.17) is 5.11 Å². The van der Waals surface area contributed by atoms with Crippen LogP contribution in [0, 0.1) is 0 Å². The SMILES string of the molecule is CCc1nnc(NC(=O)NC(=O)C(C)=C(C)C(=O)O)s1. The number of carboxylic acids is 1. The van der Waals surface area contributed by atoms with Gasteiger partial charge in [-0.1, -0.05) is 18.3 Å². The molecule has 108 valence electrons. The second-order valence-corrected chi connectivity index (χ2v) is 4.88. The molecule has 3 amide bonds. The fourth-order valence-electron chi connectivity index (χ4n) is 1.10. The summed E-state index contributed by atoms with van der Waals surface area (Å²) in [5, 5.41) is 21.7. The van der Waals surface area contributed by atoms with Gasteiger partial charge in [0.05, 0.1) is 0 Å². The van der Waals surface area contributed by atoms with Crippen molar-refractivity contribution < 1.29 is 19.5 Å². The first-order valence-corrected chi connectivity index (χ1v) is 6.52. The second-order valence-electron chi connectivity index (χ2n) is 3.82. The highest BCUT2D eigenvalue weighted by atomic mass is 32.1. The van der Waals surface area contributed by atoms with Gasteiger partial charge in [-0.3, -0.25) is 15.4 Å². The smallest absolute Gasteiger partial charge is 0.331 e. The fourth-order valence-corrected chi connectivity index (χ4v) is 1.78. The van der Waals surface area contributed by atoms with Crippen LogP contribution in [0.1, 0.15) is 25.8 Å². The maximum Gasteiger partial charge on any atom is 0.331 e. The van der Waals surface area contributed by atoms with Crippen LogP contribution in [-0.2, 0) is 16.0 Å². The summed E-state index contributed by atoms with van der Waals surface area (Å²) in [5.74, 6) is -1.99. The predicted molar refractivity (Wildman–Crippen MR) is 72.5 cm³/mol. The molecule has 0 aliphatic heterocycles. The van der Waals surface area contributed by atoms with Crippen molar-refractivity contribution >= 4 is 34.4 Å². The molecule has 0 aliphatic carbocycles. The minimum atomic E-state index is -1.21. The number of nitrogens with one attached hydrogen (secondary N) is 2. The van der Waals surface area contributed by atoms with Gasteiger partial charge in [0.1, 0.15) is 5.01 Å². The Morgan fingerprint density at radius 2 is 1.85 bits per heavy atom. The number of carbonyl (C=O) groups excluding carboxylic acids is 2. The van der Waals surface area contributed by atoms with Crippen molar-refractivity contribution in [3.8, 4) is 0 Å². The van der Waals surface area contributed by atoms with E-state index in [1.807, 2.05) is 12.2 Å². The van der Waals surface area contributed by atoms with E-state index in [1.54, 1.807) is 0 Å². The van der Waals surface area contributed by atoms with Gasteiger partial charge in [-0.05, 0) is 20.3 Å². The molecular weight excluding hydrogens is 284 g/mol. The zero-order valence-corrected chi connectivity index (χ0v) is 12.0. The highest BCUT2D eigenvalue weighted by molar-refractivity contribution is 7.15. The largest absolute Gasteiger partial charge is 0.478 e. The number of aromatic nitrogens is 2. The van der Waals surface area contributed by atoms with Gasteiger partial charge < -0.3 is 5.11 Å². The van der Waals surface area contributed by atoms with Gasteiger partial charge in [-0.15, -0.1) is 10.2 Å². The van der Waals surface area contributed by atoms with Crippen LogP contribution in [0.2, 0.25) is 0 Å². The number of carboxylic acid groups (broad SMARTS) is 1. The maximum atomic E-state index is 11.6. The van der Waals surface area contributed by atoms with E-state index in [9.17, 15) is 14.4 Å². The van der Waals surface area contributed by atoms with Crippen LogP contribution < -0.4 is 10.6 Å². The van der Waals surface area contributed by atoms with Gasteiger partial charge in [0.25, 0.3) is 5.91 Å². The van der Waals surface area contributed by atoms with Crippen LogP contribution in [0.4, 0.5) is 9.93 Å². The molecule has 0 fully saturated rings. The van der Waals surface area contributed by atoms with Crippen LogP contribution in [0.25, 0.3) is 0 Å². The zero-order valence-electron chi connectivity index (χ0n) is 11.2. The lowest BCUT2D eigenvalue weighted by Gasteiger charge is -2.05. The van der Waals surface area contributed by atoms with Crippen molar-refractivity contribution in [2.45, 2.75) is 27.2 Å². The first kappa shape index (κ1) is 15.8. The molecule has 20 heavy (non-hydrogen) atoms. The third kappa shape index (κ3) is 4.12. The molecule has 0 aliphatic rings. The van der Waals surface area contributed by atoms with Crippen molar-refractivity contribution in [3.05, 3.63) is 16.2 Å². The zero-order chi connectivity index (χ0) is 15.3. The average molecular weight is 298 g/mol. The normalized spacial score (nSPS) is 11.6. The molecule has 0 saturated heterocycles. The summed E-state index contributed by atoms with van der Waals surface area (Å²) in [7, 11) is 0. The number of aryl methyl sites for hydroxylation is 1. The number of nitrogens with zero attached hydrogens (tertiary/aromatic N) is 2. The fraction of sp³-hybridized carbons (Fsp3) is 0.364.